The van der Waals surface area contributed by atoms with Crippen LogP contribution in [-0.4, -0.2) is 60.5 Å². The molecule has 1 saturated heterocycles. The van der Waals surface area contributed by atoms with E-state index in [0.29, 0.717) is 18.8 Å². The van der Waals surface area contributed by atoms with Gasteiger partial charge in [0.25, 0.3) is 0 Å². The Bertz CT molecular complexity index is 681. The molecule has 0 saturated carbocycles. The Hall–Kier alpha value is -2.64. The van der Waals surface area contributed by atoms with Gasteiger partial charge in [-0.15, -0.1) is 0 Å². The molecule has 1 aliphatic heterocycles. The van der Waals surface area contributed by atoms with Crippen LogP contribution in [0.5, 0.6) is 0 Å². The average molecular weight is 392 g/mol. The van der Waals surface area contributed by atoms with Gasteiger partial charge >= 0.3 is 6.03 Å². The fourth-order valence-electron chi connectivity index (χ4n) is 2.91. The predicted molar refractivity (Wildman–Crippen MR) is 105 cm³/mol. The molecule has 1 heterocycles. The molecule has 1 aromatic carbocycles. The van der Waals surface area contributed by atoms with Gasteiger partial charge in [-0.2, -0.15) is 0 Å². The molecule has 28 heavy (non-hydrogen) atoms. The van der Waals surface area contributed by atoms with E-state index in [2.05, 4.69) is 5.32 Å². The SMILES string of the molecule is CCCCNC(=O)N(CCCC)CC(=O)N1CC(=O)N(c2ccc(F)cc2)C1. The standard InChI is InChI=1S/C20H29FN4O3/c1-3-5-11-22-20(28)23(12-6-4-2)13-18(26)24-14-19(27)25(15-24)17-9-7-16(21)8-10-17/h7-10H,3-6,11-15H2,1-2H3,(H,22,28). The Labute approximate surface area is 165 Å². The van der Waals surface area contributed by atoms with Crippen LogP contribution in [0.25, 0.3) is 0 Å². The van der Waals surface area contributed by atoms with E-state index in [-0.39, 0.29) is 43.4 Å². The van der Waals surface area contributed by atoms with Crippen LogP contribution in [0.2, 0.25) is 0 Å². The molecule has 0 atom stereocenters. The summed E-state index contributed by atoms with van der Waals surface area (Å²) < 4.78 is 13.1. The number of unbranched alkanes of at least 4 members (excludes halogenated alkanes) is 2. The summed E-state index contributed by atoms with van der Waals surface area (Å²) in [7, 11) is 0. The highest BCUT2D eigenvalue weighted by atomic mass is 19.1. The van der Waals surface area contributed by atoms with Crippen LogP contribution in [-0.2, 0) is 9.59 Å². The summed E-state index contributed by atoms with van der Waals surface area (Å²) >= 11 is 0. The molecule has 0 unspecified atom stereocenters. The molecule has 1 aromatic rings. The zero-order chi connectivity index (χ0) is 20.5. The third-order valence-corrected chi connectivity index (χ3v) is 4.63. The Balaban J connectivity index is 1.97. The summed E-state index contributed by atoms with van der Waals surface area (Å²) in [5.41, 5.74) is 0.543. The van der Waals surface area contributed by atoms with Crippen LogP contribution in [0.15, 0.2) is 24.3 Å². The van der Waals surface area contributed by atoms with E-state index in [9.17, 15) is 18.8 Å². The zero-order valence-corrected chi connectivity index (χ0v) is 16.6. The quantitative estimate of drug-likeness (QED) is 0.657. The molecule has 8 heteroatoms. The van der Waals surface area contributed by atoms with E-state index in [1.807, 2.05) is 13.8 Å². The molecule has 1 fully saturated rings. The molecule has 0 radical (unpaired) electrons. The van der Waals surface area contributed by atoms with Crippen molar-refractivity contribution in [1.82, 2.24) is 15.1 Å². The fraction of sp³-hybridized carbons (Fsp3) is 0.550. The van der Waals surface area contributed by atoms with E-state index < -0.39 is 0 Å². The number of amides is 4. The van der Waals surface area contributed by atoms with E-state index in [4.69, 9.17) is 0 Å². The molecule has 0 bridgehead atoms. The number of rotatable bonds is 9. The third-order valence-electron chi connectivity index (χ3n) is 4.63. The number of benzene rings is 1. The zero-order valence-electron chi connectivity index (χ0n) is 16.6. The Morgan fingerprint density at radius 3 is 2.46 bits per heavy atom. The van der Waals surface area contributed by atoms with Gasteiger partial charge in [-0.1, -0.05) is 26.7 Å². The molecular weight excluding hydrogens is 363 g/mol. The lowest BCUT2D eigenvalue weighted by Gasteiger charge is -2.25. The Kier molecular flexibility index (Phi) is 8.22. The van der Waals surface area contributed by atoms with Gasteiger partial charge in [0.1, 0.15) is 25.6 Å². The van der Waals surface area contributed by atoms with Crippen LogP contribution in [0.4, 0.5) is 14.9 Å². The summed E-state index contributed by atoms with van der Waals surface area (Å²) in [6.45, 7) is 5.12. The van der Waals surface area contributed by atoms with Gasteiger partial charge in [0.15, 0.2) is 0 Å². The van der Waals surface area contributed by atoms with Crippen molar-refractivity contribution in [2.75, 3.05) is 37.7 Å². The fourth-order valence-corrected chi connectivity index (χ4v) is 2.91. The minimum absolute atomic E-state index is 0.0463. The van der Waals surface area contributed by atoms with Crippen molar-refractivity contribution < 1.29 is 18.8 Å². The molecule has 0 spiro atoms. The van der Waals surface area contributed by atoms with Gasteiger partial charge in [0.2, 0.25) is 11.8 Å². The maximum Gasteiger partial charge on any atom is 0.317 e. The van der Waals surface area contributed by atoms with Crippen LogP contribution in [0, 0.1) is 5.82 Å². The van der Waals surface area contributed by atoms with Crippen LogP contribution in [0.1, 0.15) is 39.5 Å². The number of nitrogens with zero attached hydrogens (tertiary/aromatic N) is 3. The number of carbonyl (C=O) groups is 3. The van der Waals surface area contributed by atoms with Gasteiger partial charge in [-0.3, -0.25) is 14.5 Å². The molecule has 0 aliphatic carbocycles. The number of carbonyl (C=O) groups excluding carboxylic acids is 3. The molecule has 7 nitrogen and oxygen atoms in total. The Morgan fingerprint density at radius 2 is 1.82 bits per heavy atom. The third kappa shape index (κ3) is 5.94. The first-order valence-corrected chi connectivity index (χ1v) is 9.82. The number of urea groups is 1. The summed E-state index contributed by atoms with van der Waals surface area (Å²) in [6, 6.07) is 5.32. The summed E-state index contributed by atoms with van der Waals surface area (Å²) in [6.07, 6.45) is 3.57. The van der Waals surface area contributed by atoms with E-state index in [1.54, 1.807) is 0 Å². The topological polar surface area (TPSA) is 73.0 Å². The van der Waals surface area contributed by atoms with E-state index in [0.717, 1.165) is 25.7 Å². The molecule has 0 aromatic heterocycles. The second-order valence-electron chi connectivity index (χ2n) is 6.89. The molecule has 4 amide bonds. The predicted octanol–water partition coefficient (Wildman–Crippen LogP) is 2.57. The van der Waals surface area contributed by atoms with E-state index in [1.165, 1.54) is 39.0 Å². The average Bonchev–Trinajstić information content (AvgIpc) is 3.07. The highest BCUT2D eigenvalue weighted by molar-refractivity contribution is 6.00. The van der Waals surface area contributed by atoms with Gasteiger partial charge in [0.05, 0.1) is 0 Å². The molecule has 1 N–H and O–H groups in total. The summed E-state index contributed by atoms with van der Waals surface area (Å²) in [5.74, 6) is -0.892. The largest absolute Gasteiger partial charge is 0.338 e. The Morgan fingerprint density at radius 1 is 1.14 bits per heavy atom. The second kappa shape index (κ2) is 10.6. The van der Waals surface area contributed by atoms with Crippen LogP contribution >= 0.6 is 0 Å². The molecule has 154 valence electrons. The smallest absolute Gasteiger partial charge is 0.317 e. The maximum atomic E-state index is 13.1. The summed E-state index contributed by atoms with van der Waals surface area (Å²) in [4.78, 5) is 41.7. The summed E-state index contributed by atoms with van der Waals surface area (Å²) in [5, 5.41) is 2.84. The lowest BCUT2D eigenvalue weighted by atomic mass is 10.3. The monoisotopic (exact) mass is 392 g/mol. The maximum absolute atomic E-state index is 13.1. The van der Waals surface area contributed by atoms with Crippen molar-refractivity contribution in [3.05, 3.63) is 30.1 Å². The minimum Gasteiger partial charge on any atom is -0.338 e. The van der Waals surface area contributed by atoms with Crippen molar-refractivity contribution in [2.45, 2.75) is 39.5 Å². The van der Waals surface area contributed by atoms with Crippen molar-refractivity contribution in [2.24, 2.45) is 0 Å². The number of anilines is 1. The van der Waals surface area contributed by atoms with Gasteiger partial charge in [0, 0.05) is 18.8 Å². The van der Waals surface area contributed by atoms with Crippen molar-refractivity contribution in [3.8, 4) is 0 Å². The van der Waals surface area contributed by atoms with Gasteiger partial charge in [-0.05, 0) is 37.1 Å². The van der Waals surface area contributed by atoms with Crippen molar-refractivity contribution in [1.29, 1.82) is 0 Å². The lowest BCUT2D eigenvalue weighted by molar-refractivity contribution is -0.132. The number of halogens is 1. The molecule has 1 aliphatic rings. The van der Waals surface area contributed by atoms with Crippen LogP contribution in [0.3, 0.4) is 0 Å². The lowest BCUT2D eigenvalue weighted by Crippen LogP contribution is -2.47. The van der Waals surface area contributed by atoms with Crippen molar-refractivity contribution in [3.63, 3.8) is 0 Å². The van der Waals surface area contributed by atoms with Crippen molar-refractivity contribution >= 4 is 23.5 Å². The van der Waals surface area contributed by atoms with Crippen LogP contribution < -0.4 is 10.2 Å². The first-order chi connectivity index (χ1) is 13.5. The van der Waals surface area contributed by atoms with E-state index >= 15 is 0 Å². The molecular formula is C20H29FN4O3. The highest BCUT2D eigenvalue weighted by Gasteiger charge is 2.32. The minimum atomic E-state index is -0.385. The molecule has 2 rings (SSSR count). The second-order valence-corrected chi connectivity index (χ2v) is 6.89. The first-order valence-electron chi connectivity index (χ1n) is 9.82. The number of nitrogens with one attached hydrogen (secondary N) is 1. The highest BCUT2D eigenvalue weighted by Crippen LogP contribution is 2.20. The first kappa shape index (κ1) is 21.7. The number of hydrogen-bond acceptors (Lipinski definition) is 3. The van der Waals surface area contributed by atoms with Gasteiger partial charge in [-0.25, -0.2) is 9.18 Å². The normalized spacial score (nSPS) is 13.8. The number of hydrogen-bond donors (Lipinski definition) is 1. The van der Waals surface area contributed by atoms with Gasteiger partial charge < -0.3 is 15.1 Å².